The topological polar surface area (TPSA) is 97.1 Å². The lowest BCUT2D eigenvalue weighted by molar-refractivity contribution is 0.292. The molecule has 0 bridgehead atoms. The average molecular weight is 374 g/mol. The molecule has 2 fully saturated rings. The molecule has 3 N–H and O–H groups in total. The standard InChI is InChI=1S/C8H6ClFN4O2.C7H12FN/c1-16-8-12-4-2(6(11)14-8)7(15)13-5(9)3(4)10;8-6-4-7-2-1-3-9(7)5-6/h1H3,(H,13,15)(H2,11,12,14);6-7H,1-5H2. The minimum Gasteiger partial charge on any atom is -0.467 e. The second-order valence-corrected chi connectivity index (χ2v) is 6.40. The van der Waals surface area contributed by atoms with Gasteiger partial charge < -0.3 is 15.5 Å². The van der Waals surface area contributed by atoms with E-state index in [0.29, 0.717) is 12.6 Å². The summed E-state index contributed by atoms with van der Waals surface area (Å²) in [5, 5.41) is -0.583. The van der Waals surface area contributed by atoms with Crippen LogP contribution in [0.15, 0.2) is 4.79 Å². The molecule has 25 heavy (non-hydrogen) atoms. The quantitative estimate of drug-likeness (QED) is 0.741. The first-order valence-corrected chi connectivity index (χ1v) is 8.25. The minimum absolute atomic E-state index is 0.134. The number of ether oxygens (including phenoxy) is 1. The molecule has 0 aliphatic carbocycles. The lowest BCUT2D eigenvalue weighted by Gasteiger charge is -2.11. The van der Waals surface area contributed by atoms with E-state index in [1.165, 1.54) is 20.0 Å². The first kappa shape index (κ1) is 17.8. The zero-order valence-electron chi connectivity index (χ0n) is 13.6. The van der Waals surface area contributed by atoms with Crippen LogP contribution in [0.3, 0.4) is 0 Å². The van der Waals surface area contributed by atoms with Crippen molar-refractivity contribution in [1.29, 1.82) is 0 Å². The van der Waals surface area contributed by atoms with Crippen molar-refractivity contribution in [3.63, 3.8) is 0 Å². The van der Waals surface area contributed by atoms with Gasteiger partial charge in [0, 0.05) is 12.6 Å². The van der Waals surface area contributed by atoms with Gasteiger partial charge in [0.25, 0.3) is 5.56 Å². The molecule has 136 valence electrons. The highest BCUT2D eigenvalue weighted by Gasteiger charge is 2.34. The monoisotopic (exact) mass is 373 g/mol. The number of anilines is 1. The maximum atomic E-state index is 13.6. The molecule has 7 nitrogen and oxygen atoms in total. The summed E-state index contributed by atoms with van der Waals surface area (Å²) in [5.41, 5.74) is 4.57. The number of nitrogens with two attached hydrogens (primary N) is 1. The largest absolute Gasteiger partial charge is 0.467 e. The number of nitrogens with one attached hydrogen (secondary N) is 1. The van der Waals surface area contributed by atoms with Crippen molar-refractivity contribution in [2.24, 2.45) is 0 Å². The Kier molecular flexibility index (Phi) is 5.05. The van der Waals surface area contributed by atoms with Gasteiger partial charge in [-0.25, -0.2) is 8.78 Å². The van der Waals surface area contributed by atoms with Crippen molar-refractivity contribution in [3.8, 4) is 6.01 Å². The summed E-state index contributed by atoms with van der Waals surface area (Å²) in [6.07, 6.45) is 2.81. The number of H-pyrrole nitrogens is 1. The predicted octanol–water partition coefficient (Wildman–Crippen LogP) is 1.89. The van der Waals surface area contributed by atoms with Crippen LogP contribution in [0.4, 0.5) is 14.6 Å². The summed E-state index contributed by atoms with van der Waals surface area (Å²) >= 11 is 5.47. The fraction of sp³-hybridized carbons (Fsp3) is 0.533. The number of nitrogen functional groups attached to an aromatic ring is 1. The number of methoxy groups -OCH3 is 1. The Hall–Kier alpha value is -2.00. The number of pyridine rings is 1. The minimum atomic E-state index is -0.872. The van der Waals surface area contributed by atoms with E-state index in [1.807, 2.05) is 0 Å². The Bertz CT molecular complexity index is 835. The molecule has 2 saturated heterocycles. The molecule has 4 rings (SSSR count). The molecule has 10 heteroatoms. The third kappa shape index (κ3) is 3.52. The van der Waals surface area contributed by atoms with Gasteiger partial charge in [0.2, 0.25) is 0 Å². The first-order valence-electron chi connectivity index (χ1n) is 7.87. The molecule has 2 aliphatic heterocycles. The van der Waals surface area contributed by atoms with E-state index in [-0.39, 0.29) is 22.7 Å². The Morgan fingerprint density at radius 2 is 2.20 bits per heavy atom. The normalized spacial score (nSPS) is 22.6. The highest BCUT2D eigenvalue weighted by molar-refractivity contribution is 6.30. The maximum Gasteiger partial charge on any atom is 0.318 e. The van der Waals surface area contributed by atoms with E-state index in [4.69, 9.17) is 22.1 Å². The lowest BCUT2D eigenvalue weighted by Crippen LogP contribution is -2.22. The second kappa shape index (κ2) is 7.09. The van der Waals surface area contributed by atoms with Gasteiger partial charge in [0.05, 0.1) is 7.11 Å². The van der Waals surface area contributed by atoms with Crippen LogP contribution in [0, 0.1) is 5.82 Å². The third-order valence-electron chi connectivity index (χ3n) is 4.41. The van der Waals surface area contributed by atoms with Gasteiger partial charge in [-0.1, -0.05) is 11.6 Å². The lowest BCUT2D eigenvalue weighted by atomic mass is 10.1. The Morgan fingerprint density at radius 1 is 1.44 bits per heavy atom. The Balaban J connectivity index is 0.000000170. The molecule has 0 saturated carbocycles. The van der Waals surface area contributed by atoms with Crippen LogP contribution in [-0.4, -0.2) is 52.3 Å². The number of halogens is 3. The summed E-state index contributed by atoms with van der Waals surface area (Å²) in [6, 6.07) is 0.477. The van der Waals surface area contributed by atoms with Crippen LogP contribution in [-0.2, 0) is 0 Å². The van der Waals surface area contributed by atoms with Gasteiger partial charge in [-0.3, -0.25) is 9.69 Å². The van der Waals surface area contributed by atoms with Gasteiger partial charge in [-0.2, -0.15) is 9.97 Å². The molecule has 0 aromatic carbocycles. The maximum absolute atomic E-state index is 13.6. The summed E-state index contributed by atoms with van der Waals surface area (Å²) < 4.78 is 30.9. The molecular formula is C15H18ClF2N5O2. The highest BCUT2D eigenvalue weighted by Crippen LogP contribution is 2.28. The van der Waals surface area contributed by atoms with E-state index < -0.39 is 22.7 Å². The van der Waals surface area contributed by atoms with Crippen molar-refractivity contribution in [2.75, 3.05) is 25.9 Å². The van der Waals surface area contributed by atoms with E-state index in [1.54, 1.807) is 0 Å². The van der Waals surface area contributed by atoms with Crippen LogP contribution < -0.4 is 16.0 Å². The molecule has 0 radical (unpaired) electrons. The second-order valence-electron chi connectivity index (χ2n) is 6.03. The van der Waals surface area contributed by atoms with Crippen molar-refractivity contribution in [2.45, 2.75) is 31.5 Å². The number of aromatic nitrogens is 3. The van der Waals surface area contributed by atoms with E-state index in [2.05, 4.69) is 19.9 Å². The number of aromatic amines is 1. The molecule has 2 aromatic rings. The average Bonchev–Trinajstić information content (AvgIpc) is 3.13. The van der Waals surface area contributed by atoms with Crippen molar-refractivity contribution in [1.82, 2.24) is 19.9 Å². The molecule has 0 amide bonds. The molecule has 2 atom stereocenters. The van der Waals surface area contributed by atoms with Crippen LogP contribution in [0.1, 0.15) is 19.3 Å². The molecular weight excluding hydrogens is 356 g/mol. The van der Waals surface area contributed by atoms with Crippen LogP contribution in [0.25, 0.3) is 10.9 Å². The van der Waals surface area contributed by atoms with E-state index in [9.17, 15) is 13.6 Å². The molecule has 2 aromatic heterocycles. The number of fused-ring (bicyclic) bond motifs is 2. The number of hydrogen-bond donors (Lipinski definition) is 2. The van der Waals surface area contributed by atoms with Gasteiger partial charge in [0.15, 0.2) is 5.82 Å². The predicted molar refractivity (Wildman–Crippen MR) is 90.2 cm³/mol. The van der Waals surface area contributed by atoms with Gasteiger partial charge in [0.1, 0.15) is 28.0 Å². The van der Waals surface area contributed by atoms with Crippen molar-refractivity contribution < 1.29 is 13.5 Å². The molecule has 2 unspecified atom stereocenters. The van der Waals surface area contributed by atoms with Gasteiger partial charge in [-0.15, -0.1) is 0 Å². The van der Waals surface area contributed by atoms with E-state index >= 15 is 0 Å². The summed E-state index contributed by atoms with van der Waals surface area (Å²) in [6.45, 7) is 1.86. The number of nitrogens with zero attached hydrogens (tertiary/aromatic N) is 3. The molecule has 4 heterocycles. The zero-order valence-corrected chi connectivity index (χ0v) is 14.3. The van der Waals surface area contributed by atoms with E-state index in [0.717, 1.165) is 13.0 Å². The molecule has 2 aliphatic rings. The van der Waals surface area contributed by atoms with Crippen LogP contribution in [0.2, 0.25) is 5.15 Å². The fourth-order valence-electron chi connectivity index (χ4n) is 3.28. The number of alkyl halides is 1. The first-order chi connectivity index (χ1) is 11.9. The smallest absolute Gasteiger partial charge is 0.318 e. The van der Waals surface area contributed by atoms with Crippen molar-refractivity contribution in [3.05, 3.63) is 21.3 Å². The zero-order chi connectivity index (χ0) is 18.1. The summed E-state index contributed by atoms with van der Waals surface area (Å²) in [7, 11) is 1.30. The van der Waals surface area contributed by atoms with Crippen LogP contribution in [0.5, 0.6) is 6.01 Å². The number of hydrogen-bond acceptors (Lipinski definition) is 6. The fourth-order valence-corrected chi connectivity index (χ4v) is 3.45. The van der Waals surface area contributed by atoms with Gasteiger partial charge in [-0.05, 0) is 25.8 Å². The summed E-state index contributed by atoms with van der Waals surface area (Å²) in [5.74, 6) is -1.04. The van der Waals surface area contributed by atoms with Crippen molar-refractivity contribution >= 4 is 28.3 Å². The highest BCUT2D eigenvalue weighted by atomic mass is 35.5. The third-order valence-corrected chi connectivity index (χ3v) is 4.67. The van der Waals surface area contributed by atoms with Crippen LogP contribution >= 0.6 is 11.6 Å². The van der Waals surface area contributed by atoms with Gasteiger partial charge >= 0.3 is 6.01 Å². The Morgan fingerprint density at radius 3 is 2.88 bits per heavy atom. The molecule has 0 spiro atoms. The number of rotatable bonds is 1. The Labute approximate surface area is 147 Å². The summed E-state index contributed by atoms with van der Waals surface area (Å²) in [4.78, 5) is 23.2. The SMILES string of the molecule is COc1nc(N)c2c(=O)[nH]c(Cl)c(F)c2n1.FC1CC2CCCN2C1.